The Morgan fingerprint density at radius 3 is 2.93 bits per heavy atom. The summed E-state index contributed by atoms with van der Waals surface area (Å²) in [5.74, 6) is 2.81. The van der Waals surface area contributed by atoms with Gasteiger partial charge in [-0.2, -0.15) is 0 Å². The molecule has 0 aromatic heterocycles. The number of terminal acetylenes is 1. The molecule has 15 heavy (non-hydrogen) atoms. The summed E-state index contributed by atoms with van der Waals surface area (Å²) in [5.41, 5.74) is 0. The molecule has 1 saturated heterocycles. The minimum absolute atomic E-state index is 0.587. The Morgan fingerprint density at radius 2 is 2.33 bits per heavy atom. The zero-order valence-corrected chi connectivity index (χ0v) is 10.1. The molecular formula is C13H24N2. The molecule has 1 heterocycles. The summed E-state index contributed by atoms with van der Waals surface area (Å²) in [4.78, 5) is 2.58. The van der Waals surface area contributed by atoms with Crippen LogP contribution < -0.4 is 5.32 Å². The SMILES string of the molecule is C#CCC(CC)N1CCCNC(CC)C1. The zero-order valence-electron chi connectivity index (χ0n) is 10.1. The lowest BCUT2D eigenvalue weighted by atomic mass is 10.1. The van der Waals surface area contributed by atoms with Crippen molar-refractivity contribution in [3.05, 3.63) is 0 Å². The van der Waals surface area contributed by atoms with Crippen molar-refractivity contribution in [3.63, 3.8) is 0 Å². The Hall–Kier alpha value is -0.520. The van der Waals surface area contributed by atoms with Gasteiger partial charge < -0.3 is 5.32 Å². The second-order valence-corrected chi connectivity index (χ2v) is 4.38. The summed E-state index contributed by atoms with van der Waals surface area (Å²) >= 11 is 0. The minimum atomic E-state index is 0.587. The van der Waals surface area contributed by atoms with Gasteiger partial charge in [0.05, 0.1) is 0 Å². The summed E-state index contributed by atoms with van der Waals surface area (Å²) in [6.45, 7) is 8.01. The Kier molecular flexibility index (Phi) is 5.75. The van der Waals surface area contributed by atoms with Gasteiger partial charge in [-0.25, -0.2) is 0 Å². The van der Waals surface area contributed by atoms with Crippen molar-refractivity contribution in [1.82, 2.24) is 10.2 Å². The molecule has 0 spiro atoms. The van der Waals surface area contributed by atoms with Gasteiger partial charge >= 0.3 is 0 Å². The summed E-state index contributed by atoms with van der Waals surface area (Å²) in [6, 6.07) is 1.24. The van der Waals surface area contributed by atoms with Crippen LogP contribution in [0.25, 0.3) is 0 Å². The Bertz CT molecular complexity index is 207. The van der Waals surface area contributed by atoms with Crippen LogP contribution in [0.2, 0.25) is 0 Å². The lowest BCUT2D eigenvalue weighted by Gasteiger charge is -2.30. The Balaban J connectivity index is 2.53. The number of nitrogens with zero attached hydrogens (tertiary/aromatic N) is 1. The first-order valence-corrected chi connectivity index (χ1v) is 6.22. The summed E-state index contributed by atoms with van der Waals surface area (Å²) in [7, 11) is 0. The molecule has 1 aliphatic heterocycles. The van der Waals surface area contributed by atoms with Gasteiger partial charge in [0.25, 0.3) is 0 Å². The topological polar surface area (TPSA) is 15.3 Å². The molecule has 0 radical (unpaired) electrons. The highest BCUT2D eigenvalue weighted by atomic mass is 15.2. The van der Waals surface area contributed by atoms with E-state index in [0.29, 0.717) is 12.1 Å². The van der Waals surface area contributed by atoms with Crippen LogP contribution in [0.15, 0.2) is 0 Å². The fourth-order valence-electron chi connectivity index (χ4n) is 2.30. The predicted molar refractivity (Wildman–Crippen MR) is 65.8 cm³/mol. The second-order valence-electron chi connectivity index (χ2n) is 4.38. The summed E-state index contributed by atoms with van der Waals surface area (Å²) in [6.07, 6.45) is 9.95. The van der Waals surface area contributed by atoms with Crippen molar-refractivity contribution < 1.29 is 0 Å². The van der Waals surface area contributed by atoms with E-state index in [1.807, 2.05) is 0 Å². The monoisotopic (exact) mass is 208 g/mol. The highest BCUT2D eigenvalue weighted by Gasteiger charge is 2.21. The number of hydrogen-bond acceptors (Lipinski definition) is 2. The van der Waals surface area contributed by atoms with E-state index in [9.17, 15) is 0 Å². The molecule has 86 valence electrons. The molecule has 2 unspecified atom stereocenters. The fourth-order valence-corrected chi connectivity index (χ4v) is 2.30. The first kappa shape index (κ1) is 12.5. The molecule has 0 bridgehead atoms. The highest BCUT2D eigenvalue weighted by Crippen LogP contribution is 2.12. The first-order chi connectivity index (χ1) is 7.31. The smallest absolute Gasteiger partial charge is 0.0242 e. The molecule has 1 aliphatic rings. The number of hydrogen-bond donors (Lipinski definition) is 1. The molecule has 0 amide bonds. The van der Waals surface area contributed by atoms with E-state index >= 15 is 0 Å². The maximum atomic E-state index is 5.43. The second kappa shape index (κ2) is 6.87. The Labute approximate surface area is 94.4 Å². The van der Waals surface area contributed by atoms with Crippen LogP contribution in [0, 0.1) is 12.3 Å². The van der Waals surface area contributed by atoms with E-state index < -0.39 is 0 Å². The van der Waals surface area contributed by atoms with Crippen molar-refractivity contribution in [1.29, 1.82) is 0 Å². The molecule has 1 fully saturated rings. The van der Waals surface area contributed by atoms with Crippen LogP contribution in [0.1, 0.15) is 39.5 Å². The number of nitrogens with one attached hydrogen (secondary N) is 1. The van der Waals surface area contributed by atoms with E-state index in [4.69, 9.17) is 6.42 Å². The van der Waals surface area contributed by atoms with Crippen molar-refractivity contribution in [2.75, 3.05) is 19.6 Å². The molecule has 0 aromatic rings. The average molecular weight is 208 g/mol. The maximum absolute atomic E-state index is 5.43. The van der Waals surface area contributed by atoms with Gasteiger partial charge in [0, 0.05) is 25.0 Å². The van der Waals surface area contributed by atoms with Crippen molar-refractivity contribution in [2.24, 2.45) is 0 Å². The van der Waals surface area contributed by atoms with Gasteiger partial charge in [-0.05, 0) is 32.4 Å². The van der Waals surface area contributed by atoms with Crippen molar-refractivity contribution in [3.8, 4) is 12.3 Å². The minimum Gasteiger partial charge on any atom is -0.313 e. The van der Waals surface area contributed by atoms with Crippen LogP contribution in [-0.2, 0) is 0 Å². The molecule has 1 N–H and O–H groups in total. The maximum Gasteiger partial charge on any atom is 0.0242 e. The van der Waals surface area contributed by atoms with E-state index in [1.165, 1.54) is 25.8 Å². The van der Waals surface area contributed by atoms with E-state index in [0.717, 1.165) is 19.5 Å². The van der Waals surface area contributed by atoms with Crippen LogP contribution in [0.3, 0.4) is 0 Å². The van der Waals surface area contributed by atoms with Gasteiger partial charge in [-0.3, -0.25) is 4.90 Å². The van der Waals surface area contributed by atoms with Crippen LogP contribution in [-0.4, -0.2) is 36.6 Å². The van der Waals surface area contributed by atoms with Crippen molar-refractivity contribution >= 4 is 0 Å². The van der Waals surface area contributed by atoms with Crippen LogP contribution in [0.5, 0.6) is 0 Å². The van der Waals surface area contributed by atoms with E-state index in [-0.39, 0.29) is 0 Å². The number of rotatable bonds is 4. The molecule has 0 aliphatic carbocycles. The third kappa shape index (κ3) is 3.85. The lowest BCUT2D eigenvalue weighted by molar-refractivity contribution is 0.189. The van der Waals surface area contributed by atoms with E-state index in [1.54, 1.807) is 0 Å². The molecule has 2 atom stereocenters. The normalized spacial score (nSPS) is 25.5. The summed E-state index contributed by atoms with van der Waals surface area (Å²) in [5, 5.41) is 3.59. The quantitative estimate of drug-likeness (QED) is 0.710. The molecule has 2 heteroatoms. The summed E-state index contributed by atoms with van der Waals surface area (Å²) < 4.78 is 0. The molecule has 1 rings (SSSR count). The molecule has 2 nitrogen and oxygen atoms in total. The van der Waals surface area contributed by atoms with Gasteiger partial charge in [0.15, 0.2) is 0 Å². The average Bonchev–Trinajstić information content (AvgIpc) is 2.51. The highest BCUT2D eigenvalue weighted by molar-refractivity contribution is 4.91. The van der Waals surface area contributed by atoms with Gasteiger partial charge in [-0.1, -0.05) is 13.8 Å². The third-order valence-electron chi connectivity index (χ3n) is 3.34. The van der Waals surface area contributed by atoms with Gasteiger partial charge in [0.1, 0.15) is 0 Å². The van der Waals surface area contributed by atoms with Crippen LogP contribution >= 0.6 is 0 Å². The Morgan fingerprint density at radius 1 is 1.53 bits per heavy atom. The largest absolute Gasteiger partial charge is 0.313 e. The molecule has 0 aromatic carbocycles. The third-order valence-corrected chi connectivity index (χ3v) is 3.34. The van der Waals surface area contributed by atoms with Gasteiger partial charge in [-0.15, -0.1) is 12.3 Å². The first-order valence-electron chi connectivity index (χ1n) is 6.22. The van der Waals surface area contributed by atoms with Crippen molar-refractivity contribution in [2.45, 2.75) is 51.6 Å². The van der Waals surface area contributed by atoms with E-state index in [2.05, 4.69) is 30.0 Å². The fraction of sp³-hybridized carbons (Fsp3) is 0.846. The van der Waals surface area contributed by atoms with Crippen LogP contribution in [0.4, 0.5) is 0 Å². The van der Waals surface area contributed by atoms with Gasteiger partial charge in [0.2, 0.25) is 0 Å². The predicted octanol–water partition coefficient (Wildman–Crippen LogP) is 1.86. The standard InChI is InChI=1S/C13H24N2/c1-4-8-13(6-3)15-10-7-9-14-12(5-2)11-15/h1,12-14H,5-11H2,2-3H3. The lowest BCUT2D eigenvalue weighted by Crippen LogP contribution is -2.42. The molecule has 0 saturated carbocycles. The zero-order chi connectivity index (χ0) is 11.1. The molecular weight excluding hydrogens is 184 g/mol.